The molecule has 0 bridgehead atoms. The molecule has 1 heterocycles. The van der Waals surface area contributed by atoms with Gasteiger partial charge in [-0.1, -0.05) is 23.7 Å². The Balaban J connectivity index is 1.72. The number of anilines is 1. The summed E-state index contributed by atoms with van der Waals surface area (Å²) < 4.78 is 13.7. The van der Waals surface area contributed by atoms with E-state index >= 15 is 0 Å². The predicted octanol–water partition coefficient (Wildman–Crippen LogP) is 4.06. The number of halogens is 2. The SMILES string of the molecule is Cc1ccc(Cl)cc1N1CCN(C(=O)c2cccc(F)c2C)CC1. The molecule has 24 heavy (non-hydrogen) atoms. The minimum Gasteiger partial charge on any atom is -0.368 e. The van der Waals surface area contributed by atoms with Crippen molar-refractivity contribution in [3.63, 3.8) is 0 Å². The fraction of sp³-hybridized carbons (Fsp3) is 0.316. The molecule has 3 rings (SSSR count). The summed E-state index contributed by atoms with van der Waals surface area (Å²) in [5.74, 6) is -0.441. The molecule has 1 saturated heterocycles. The maximum atomic E-state index is 13.7. The Hall–Kier alpha value is -2.07. The van der Waals surface area contributed by atoms with Crippen LogP contribution in [0.3, 0.4) is 0 Å². The van der Waals surface area contributed by atoms with E-state index in [2.05, 4.69) is 11.8 Å². The summed E-state index contributed by atoms with van der Waals surface area (Å²) in [6.45, 7) is 6.40. The molecule has 0 atom stereocenters. The topological polar surface area (TPSA) is 23.6 Å². The van der Waals surface area contributed by atoms with E-state index in [0.29, 0.717) is 29.2 Å². The molecule has 126 valence electrons. The molecule has 0 saturated carbocycles. The molecular weight excluding hydrogens is 327 g/mol. The third-order valence-electron chi connectivity index (χ3n) is 4.58. The Labute approximate surface area is 146 Å². The third-order valence-corrected chi connectivity index (χ3v) is 4.81. The van der Waals surface area contributed by atoms with Crippen LogP contribution < -0.4 is 4.90 Å². The van der Waals surface area contributed by atoms with Crippen LogP contribution in [-0.4, -0.2) is 37.0 Å². The van der Waals surface area contributed by atoms with Gasteiger partial charge in [0.15, 0.2) is 0 Å². The summed E-state index contributed by atoms with van der Waals surface area (Å²) in [4.78, 5) is 16.7. The Morgan fingerprint density at radius 1 is 1.08 bits per heavy atom. The second kappa shape index (κ2) is 6.81. The first-order valence-electron chi connectivity index (χ1n) is 8.03. The van der Waals surface area contributed by atoms with Gasteiger partial charge < -0.3 is 9.80 Å². The highest BCUT2D eigenvalue weighted by Gasteiger charge is 2.24. The zero-order valence-corrected chi connectivity index (χ0v) is 14.6. The Kier molecular flexibility index (Phi) is 4.76. The molecule has 1 amide bonds. The molecule has 1 aliphatic rings. The maximum absolute atomic E-state index is 13.7. The van der Waals surface area contributed by atoms with E-state index in [1.165, 1.54) is 11.6 Å². The second-order valence-corrected chi connectivity index (χ2v) is 6.56. The molecule has 0 unspecified atom stereocenters. The van der Waals surface area contributed by atoms with Crippen molar-refractivity contribution in [2.24, 2.45) is 0 Å². The predicted molar refractivity (Wildman–Crippen MR) is 95.4 cm³/mol. The average Bonchev–Trinajstić information content (AvgIpc) is 2.59. The Morgan fingerprint density at radius 3 is 2.50 bits per heavy atom. The largest absolute Gasteiger partial charge is 0.368 e. The standard InChI is InChI=1S/C19H20ClFN2O/c1-13-6-7-15(20)12-18(13)22-8-10-23(11-9-22)19(24)16-4-3-5-17(21)14(16)2/h3-7,12H,8-11H2,1-2H3. The number of carbonyl (C=O) groups is 1. The number of hydrogen-bond donors (Lipinski definition) is 0. The number of piperazine rings is 1. The smallest absolute Gasteiger partial charge is 0.254 e. The fourth-order valence-electron chi connectivity index (χ4n) is 3.08. The van der Waals surface area contributed by atoms with Gasteiger partial charge in [0.05, 0.1) is 0 Å². The van der Waals surface area contributed by atoms with E-state index in [1.807, 2.05) is 18.2 Å². The molecule has 0 radical (unpaired) electrons. The van der Waals surface area contributed by atoms with Gasteiger partial charge >= 0.3 is 0 Å². The van der Waals surface area contributed by atoms with Crippen LogP contribution in [-0.2, 0) is 0 Å². The van der Waals surface area contributed by atoms with Crippen molar-refractivity contribution >= 4 is 23.2 Å². The van der Waals surface area contributed by atoms with E-state index in [9.17, 15) is 9.18 Å². The summed E-state index contributed by atoms with van der Waals surface area (Å²) in [5, 5.41) is 0.712. The molecule has 1 aliphatic heterocycles. The highest BCUT2D eigenvalue weighted by Crippen LogP contribution is 2.26. The van der Waals surface area contributed by atoms with Crippen LogP contribution >= 0.6 is 11.6 Å². The monoisotopic (exact) mass is 346 g/mol. The molecule has 5 heteroatoms. The zero-order valence-electron chi connectivity index (χ0n) is 13.9. The molecular formula is C19H20ClFN2O. The van der Waals surface area contributed by atoms with Crippen LogP contribution in [0.1, 0.15) is 21.5 Å². The first-order chi connectivity index (χ1) is 11.5. The number of amides is 1. The van der Waals surface area contributed by atoms with Crippen molar-refractivity contribution in [3.05, 3.63) is 63.9 Å². The summed E-state index contributed by atoms with van der Waals surface area (Å²) in [6.07, 6.45) is 0. The van der Waals surface area contributed by atoms with Crippen molar-refractivity contribution in [3.8, 4) is 0 Å². The highest BCUT2D eigenvalue weighted by atomic mass is 35.5. The van der Waals surface area contributed by atoms with Crippen LogP contribution in [0.25, 0.3) is 0 Å². The second-order valence-electron chi connectivity index (χ2n) is 6.12. The van der Waals surface area contributed by atoms with E-state index < -0.39 is 0 Å². The van der Waals surface area contributed by atoms with Gasteiger partial charge in [-0.15, -0.1) is 0 Å². The molecule has 2 aromatic carbocycles. The van der Waals surface area contributed by atoms with E-state index in [0.717, 1.165) is 18.8 Å². The van der Waals surface area contributed by atoms with Crippen molar-refractivity contribution < 1.29 is 9.18 Å². The molecule has 0 aliphatic carbocycles. The number of carbonyl (C=O) groups excluding carboxylic acids is 1. The summed E-state index contributed by atoms with van der Waals surface area (Å²) in [7, 11) is 0. The van der Waals surface area contributed by atoms with Crippen LogP contribution in [0.2, 0.25) is 5.02 Å². The lowest BCUT2D eigenvalue weighted by molar-refractivity contribution is 0.0745. The third kappa shape index (κ3) is 3.24. The van der Waals surface area contributed by atoms with Gasteiger partial charge in [-0.25, -0.2) is 4.39 Å². The first-order valence-corrected chi connectivity index (χ1v) is 8.40. The van der Waals surface area contributed by atoms with Crippen molar-refractivity contribution in [2.45, 2.75) is 13.8 Å². The lowest BCUT2D eigenvalue weighted by atomic mass is 10.1. The minimum absolute atomic E-state index is 0.102. The van der Waals surface area contributed by atoms with Crippen molar-refractivity contribution in [2.75, 3.05) is 31.1 Å². The number of rotatable bonds is 2. The number of hydrogen-bond acceptors (Lipinski definition) is 2. The normalized spacial score (nSPS) is 14.8. The van der Waals surface area contributed by atoms with E-state index in [-0.39, 0.29) is 11.7 Å². The first kappa shape index (κ1) is 16.8. The lowest BCUT2D eigenvalue weighted by Crippen LogP contribution is -2.49. The summed E-state index contributed by atoms with van der Waals surface area (Å²) in [6, 6.07) is 10.5. The molecule has 1 fully saturated rings. The summed E-state index contributed by atoms with van der Waals surface area (Å²) >= 11 is 6.10. The van der Waals surface area contributed by atoms with Gasteiger partial charge in [0.25, 0.3) is 5.91 Å². The number of nitrogens with zero attached hydrogens (tertiary/aromatic N) is 2. The Morgan fingerprint density at radius 2 is 1.79 bits per heavy atom. The van der Waals surface area contributed by atoms with E-state index in [4.69, 9.17) is 11.6 Å². The molecule has 0 aromatic heterocycles. The van der Waals surface area contributed by atoms with Crippen LogP contribution in [0, 0.1) is 19.7 Å². The van der Waals surface area contributed by atoms with Gasteiger partial charge in [0, 0.05) is 42.5 Å². The van der Waals surface area contributed by atoms with Gasteiger partial charge in [-0.3, -0.25) is 4.79 Å². The quantitative estimate of drug-likeness (QED) is 0.818. The summed E-state index contributed by atoms with van der Waals surface area (Å²) in [5.41, 5.74) is 3.13. The van der Waals surface area contributed by atoms with Gasteiger partial charge in [0.1, 0.15) is 5.82 Å². The highest BCUT2D eigenvalue weighted by molar-refractivity contribution is 6.30. The average molecular weight is 347 g/mol. The van der Waals surface area contributed by atoms with Gasteiger partial charge in [-0.2, -0.15) is 0 Å². The van der Waals surface area contributed by atoms with Gasteiger partial charge in [-0.05, 0) is 49.2 Å². The van der Waals surface area contributed by atoms with E-state index in [1.54, 1.807) is 24.0 Å². The fourth-order valence-corrected chi connectivity index (χ4v) is 3.25. The molecule has 0 N–H and O–H groups in total. The molecule has 3 nitrogen and oxygen atoms in total. The number of benzene rings is 2. The van der Waals surface area contributed by atoms with Crippen molar-refractivity contribution in [1.82, 2.24) is 4.90 Å². The zero-order chi connectivity index (χ0) is 17.3. The maximum Gasteiger partial charge on any atom is 0.254 e. The Bertz CT molecular complexity index is 770. The lowest BCUT2D eigenvalue weighted by Gasteiger charge is -2.37. The van der Waals surface area contributed by atoms with Crippen LogP contribution in [0.4, 0.5) is 10.1 Å². The van der Waals surface area contributed by atoms with Crippen LogP contribution in [0.5, 0.6) is 0 Å². The molecule has 2 aromatic rings. The number of aryl methyl sites for hydroxylation is 1. The molecule has 0 spiro atoms. The van der Waals surface area contributed by atoms with Crippen LogP contribution in [0.15, 0.2) is 36.4 Å². The van der Waals surface area contributed by atoms with Gasteiger partial charge in [0.2, 0.25) is 0 Å². The van der Waals surface area contributed by atoms with Crippen molar-refractivity contribution in [1.29, 1.82) is 0 Å². The minimum atomic E-state index is -0.339.